The number of rotatable bonds is 5. The van der Waals surface area contributed by atoms with E-state index in [2.05, 4.69) is 4.18 Å². The van der Waals surface area contributed by atoms with Crippen molar-refractivity contribution in [2.45, 2.75) is 6.92 Å². The lowest BCUT2D eigenvalue weighted by atomic mass is 10.2. The predicted molar refractivity (Wildman–Crippen MR) is 62.6 cm³/mol. The zero-order valence-corrected chi connectivity index (χ0v) is 10.0. The molecule has 0 saturated carbocycles. The van der Waals surface area contributed by atoms with Gasteiger partial charge in [-0.3, -0.25) is 4.18 Å². The molecule has 0 heterocycles. The van der Waals surface area contributed by atoms with E-state index in [1.807, 2.05) is 0 Å². The van der Waals surface area contributed by atoms with E-state index in [4.69, 9.17) is 4.74 Å². The Morgan fingerprint density at radius 2 is 1.88 bits per heavy atom. The van der Waals surface area contributed by atoms with Crippen LogP contribution in [0.5, 0.6) is 5.75 Å². The zero-order chi connectivity index (χ0) is 12.0. The second-order valence-corrected chi connectivity index (χ2v) is 4.47. The number of hydrogen-bond donors (Lipinski definition) is 0. The second kappa shape index (κ2) is 5.67. The molecule has 0 unspecified atom stereocenters. The Morgan fingerprint density at radius 3 is 2.38 bits per heavy atom. The van der Waals surface area contributed by atoms with Crippen molar-refractivity contribution in [1.29, 1.82) is 0 Å². The van der Waals surface area contributed by atoms with Gasteiger partial charge in [-0.05, 0) is 30.7 Å². The van der Waals surface area contributed by atoms with Gasteiger partial charge in [-0.15, -0.1) is 0 Å². The maximum absolute atomic E-state index is 11.2. The van der Waals surface area contributed by atoms with Crippen LogP contribution in [0.1, 0.15) is 12.5 Å². The van der Waals surface area contributed by atoms with Crippen molar-refractivity contribution in [3.05, 3.63) is 35.2 Å². The molecule has 0 saturated heterocycles. The minimum absolute atomic E-state index is 0.134. The van der Waals surface area contributed by atoms with Gasteiger partial charge in [-0.25, -0.2) is 0 Å². The highest BCUT2D eigenvalue weighted by molar-refractivity contribution is 7.89. The molecule has 0 N–H and O–H groups in total. The molecule has 5 heteroatoms. The van der Waals surface area contributed by atoms with Crippen LogP contribution < -0.4 is 4.74 Å². The van der Waals surface area contributed by atoms with Gasteiger partial charge in [-0.2, -0.15) is 8.42 Å². The molecule has 1 aromatic carbocycles. The van der Waals surface area contributed by atoms with Gasteiger partial charge in [0.15, 0.2) is 0 Å². The fraction of sp³-hybridized carbons (Fsp3) is 0.273. The van der Waals surface area contributed by atoms with Gasteiger partial charge >= 0.3 is 0 Å². The van der Waals surface area contributed by atoms with E-state index in [0.29, 0.717) is 0 Å². The van der Waals surface area contributed by atoms with Crippen molar-refractivity contribution in [2.75, 3.05) is 13.7 Å². The lowest BCUT2D eigenvalue weighted by Gasteiger charge is -1.99. The highest BCUT2D eigenvalue weighted by Gasteiger charge is 2.03. The van der Waals surface area contributed by atoms with Crippen LogP contribution in [0.25, 0.3) is 6.08 Å². The summed E-state index contributed by atoms with van der Waals surface area (Å²) in [4.78, 5) is 0. The molecule has 88 valence electrons. The van der Waals surface area contributed by atoms with Gasteiger partial charge in [-0.1, -0.05) is 12.1 Å². The van der Waals surface area contributed by atoms with Gasteiger partial charge in [0, 0.05) is 0 Å². The Labute approximate surface area is 95.6 Å². The van der Waals surface area contributed by atoms with Crippen LogP contribution in [-0.2, 0) is 14.3 Å². The molecule has 0 radical (unpaired) electrons. The van der Waals surface area contributed by atoms with Crippen molar-refractivity contribution < 1.29 is 17.3 Å². The molecule has 0 aromatic heterocycles. The summed E-state index contributed by atoms with van der Waals surface area (Å²) in [6, 6.07) is 7.04. The van der Waals surface area contributed by atoms with Crippen molar-refractivity contribution in [2.24, 2.45) is 0 Å². The largest absolute Gasteiger partial charge is 0.497 e. The molecule has 0 bridgehead atoms. The smallest absolute Gasteiger partial charge is 0.290 e. The first-order chi connectivity index (χ1) is 7.57. The molecule has 0 aliphatic heterocycles. The monoisotopic (exact) mass is 242 g/mol. The third-order valence-electron chi connectivity index (χ3n) is 1.83. The first kappa shape index (κ1) is 12.7. The van der Waals surface area contributed by atoms with Gasteiger partial charge in [0.1, 0.15) is 5.75 Å². The number of methoxy groups -OCH3 is 1. The summed E-state index contributed by atoms with van der Waals surface area (Å²) in [7, 11) is -1.98. The molecular formula is C11H14O4S. The highest BCUT2D eigenvalue weighted by atomic mass is 32.2. The maximum atomic E-state index is 11.2. The Bertz CT molecular complexity index is 445. The van der Waals surface area contributed by atoms with E-state index in [9.17, 15) is 8.42 Å². The van der Waals surface area contributed by atoms with Gasteiger partial charge in [0.2, 0.25) is 0 Å². The number of ether oxygens (including phenoxy) is 1. The van der Waals surface area contributed by atoms with Gasteiger partial charge < -0.3 is 4.74 Å². The van der Waals surface area contributed by atoms with Crippen molar-refractivity contribution in [1.82, 2.24) is 0 Å². The Balaban J connectivity index is 2.76. The summed E-state index contributed by atoms with van der Waals surface area (Å²) in [5, 5.41) is 1.04. The molecule has 0 aliphatic rings. The van der Waals surface area contributed by atoms with Crippen LogP contribution >= 0.6 is 0 Å². The summed E-state index contributed by atoms with van der Waals surface area (Å²) in [6.07, 6.45) is 1.48. The Hall–Kier alpha value is -1.33. The summed E-state index contributed by atoms with van der Waals surface area (Å²) >= 11 is 0. The average Bonchev–Trinajstić information content (AvgIpc) is 2.27. The first-order valence-corrected chi connectivity index (χ1v) is 6.26. The van der Waals surface area contributed by atoms with Crippen molar-refractivity contribution in [3.63, 3.8) is 0 Å². The van der Waals surface area contributed by atoms with Crippen LogP contribution in [0.3, 0.4) is 0 Å². The predicted octanol–water partition coefficient (Wildman–Crippen LogP) is 2.03. The summed E-state index contributed by atoms with van der Waals surface area (Å²) in [5.41, 5.74) is 0.768. The third-order valence-corrected chi connectivity index (χ3v) is 2.86. The molecule has 4 nitrogen and oxygen atoms in total. The zero-order valence-electron chi connectivity index (χ0n) is 9.21. The fourth-order valence-corrected chi connectivity index (χ4v) is 1.81. The summed E-state index contributed by atoms with van der Waals surface area (Å²) in [5.74, 6) is 0.727. The maximum Gasteiger partial charge on any atom is 0.290 e. The van der Waals surface area contributed by atoms with Crippen LogP contribution in [-0.4, -0.2) is 22.1 Å². The van der Waals surface area contributed by atoms with E-state index in [-0.39, 0.29) is 6.61 Å². The number of hydrogen-bond acceptors (Lipinski definition) is 4. The molecule has 0 atom stereocenters. The first-order valence-electron chi connectivity index (χ1n) is 4.79. The van der Waals surface area contributed by atoms with Crippen molar-refractivity contribution in [3.8, 4) is 5.75 Å². The summed E-state index contributed by atoms with van der Waals surface area (Å²) < 4.78 is 31.9. The Morgan fingerprint density at radius 1 is 1.25 bits per heavy atom. The van der Waals surface area contributed by atoms with E-state index in [1.54, 1.807) is 38.3 Å². The van der Waals surface area contributed by atoms with Crippen LogP contribution in [0.2, 0.25) is 0 Å². The molecular weight excluding hydrogens is 228 g/mol. The molecule has 16 heavy (non-hydrogen) atoms. The van der Waals surface area contributed by atoms with Gasteiger partial charge in [0.05, 0.1) is 19.1 Å². The minimum atomic E-state index is -3.56. The molecule has 0 amide bonds. The van der Waals surface area contributed by atoms with Crippen LogP contribution in [0.15, 0.2) is 29.7 Å². The van der Waals surface area contributed by atoms with E-state index < -0.39 is 10.1 Å². The summed E-state index contributed by atoms with van der Waals surface area (Å²) in [6.45, 7) is 1.76. The SMILES string of the molecule is CCOS(=O)(=O)C=Cc1ccc(OC)cc1. The standard InChI is InChI=1S/C11H14O4S/c1-3-15-16(12,13)9-8-10-4-6-11(14-2)7-5-10/h4-9H,3H2,1-2H3. The lowest BCUT2D eigenvalue weighted by Crippen LogP contribution is -2.00. The average molecular weight is 242 g/mol. The third kappa shape index (κ3) is 4.04. The molecule has 1 rings (SSSR count). The molecule has 1 aromatic rings. The quantitative estimate of drug-likeness (QED) is 0.741. The van der Waals surface area contributed by atoms with E-state index in [1.165, 1.54) is 6.08 Å². The molecule has 0 aliphatic carbocycles. The van der Waals surface area contributed by atoms with E-state index in [0.717, 1.165) is 16.7 Å². The lowest BCUT2D eigenvalue weighted by molar-refractivity contribution is 0.345. The van der Waals surface area contributed by atoms with Crippen molar-refractivity contribution >= 4 is 16.2 Å². The topological polar surface area (TPSA) is 52.6 Å². The fourth-order valence-electron chi connectivity index (χ4n) is 1.08. The number of benzene rings is 1. The minimum Gasteiger partial charge on any atom is -0.497 e. The van der Waals surface area contributed by atoms with Crippen LogP contribution in [0, 0.1) is 0 Å². The molecule has 0 spiro atoms. The molecule has 0 fully saturated rings. The van der Waals surface area contributed by atoms with Gasteiger partial charge in [0.25, 0.3) is 10.1 Å². The van der Waals surface area contributed by atoms with Crippen LogP contribution in [0.4, 0.5) is 0 Å². The Kier molecular flexibility index (Phi) is 4.52. The second-order valence-electron chi connectivity index (χ2n) is 2.98. The highest BCUT2D eigenvalue weighted by Crippen LogP contribution is 2.13. The normalized spacial score (nSPS) is 11.9. The van der Waals surface area contributed by atoms with E-state index >= 15 is 0 Å².